The SMILES string of the molecule is CC[C@H](C)[C@H](NC(N)=O)C(=O)OS(N)(=O)=O. The van der Waals surface area contributed by atoms with Crippen LogP contribution in [0.4, 0.5) is 4.79 Å². The molecule has 0 aromatic carbocycles. The van der Waals surface area contributed by atoms with Crippen LogP contribution in [0.1, 0.15) is 20.3 Å². The molecule has 0 heterocycles. The molecule has 0 rings (SSSR count). The van der Waals surface area contributed by atoms with Crippen LogP contribution in [0.3, 0.4) is 0 Å². The molecule has 0 radical (unpaired) electrons. The zero-order valence-electron chi connectivity index (χ0n) is 8.97. The smallest absolute Gasteiger partial charge is 0.352 e. The molecule has 0 unspecified atom stereocenters. The molecule has 0 saturated carbocycles. The van der Waals surface area contributed by atoms with Gasteiger partial charge in [-0.05, 0) is 5.92 Å². The van der Waals surface area contributed by atoms with Crippen LogP contribution in [0.2, 0.25) is 0 Å². The van der Waals surface area contributed by atoms with Gasteiger partial charge in [0.2, 0.25) is 0 Å². The fourth-order valence-corrected chi connectivity index (χ4v) is 1.32. The monoisotopic (exact) mass is 253 g/mol. The van der Waals surface area contributed by atoms with E-state index in [-0.39, 0.29) is 5.92 Å². The fraction of sp³-hybridized carbons (Fsp3) is 0.714. The molecule has 5 N–H and O–H groups in total. The summed E-state index contributed by atoms with van der Waals surface area (Å²) in [5, 5.41) is 6.63. The molecule has 94 valence electrons. The van der Waals surface area contributed by atoms with Gasteiger partial charge < -0.3 is 15.2 Å². The Bertz CT molecular complexity index is 366. The van der Waals surface area contributed by atoms with Gasteiger partial charge in [-0.25, -0.2) is 9.59 Å². The molecule has 0 aliphatic carbocycles. The second-order valence-electron chi connectivity index (χ2n) is 3.27. The van der Waals surface area contributed by atoms with Gasteiger partial charge in [-0.1, -0.05) is 20.3 Å². The van der Waals surface area contributed by atoms with Gasteiger partial charge in [0, 0.05) is 0 Å². The van der Waals surface area contributed by atoms with Crippen LogP contribution >= 0.6 is 0 Å². The van der Waals surface area contributed by atoms with Gasteiger partial charge in [0.25, 0.3) is 0 Å². The Labute approximate surface area is 93.6 Å². The summed E-state index contributed by atoms with van der Waals surface area (Å²) in [6.07, 6.45) is 0.519. The number of nitrogens with two attached hydrogens (primary N) is 2. The molecular weight excluding hydrogens is 238 g/mol. The third-order valence-corrected chi connectivity index (χ3v) is 2.36. The number of rotatable bonds is 5. The minimum absolute atomic E-state index is 0.332. The van der Waals surface area contributed by atoms with Crippen LogP contribution in [0.15, 0.2) is 0 Å². The van der Waals surface area contributed by atoms with Gasteiger partial charge in [0.05, 0.1) is 0 Å². The maximum Gasteiger partial charge on any atom is 0.382 e. The minimum atomic E-state index is -4.39. The average molecular weight is 253 g/mol. The molecular formula is C7H15N3O5S. The van der Waals surface area contributed by atoms with Crippen LogP contribution in [-0.2, 0) is 19.3 Å². The third-order valence-electron chi connectivity index (χ3n) is 1.96. The second kappa shape index (κ2) is 5.66. The van der Waals surface area contributed by atoms with Crippen molar-refractivity contribution in [3.63, 3.8) is 0 Å². The van der Waals surface area contributed by atoms with Crippen LogP contribution in [-0.4, -0.2) is 26.5 Å². The van der Waals surface area contributed by atoms with E-state index >= 15 is 0 Å². The van der Waals surface area contributed by atoms with Crippen molar-refractivity contribution in [3.8, 4) is 0 Å². The number of hydrogen-bond acceptors (Lipinski definition) is 5. The highest BCUT2D eigenvalue weighted by molar-refractivity contribution is 7.84. The van der Waals surface area contributed by atoms with Crippen LogP contribution in [0.5, 0.6) is 0 Å². The number of carbonyl (C=O) groups excluding carboxylic acids is 2. The Morgan fingerprint density at radius 2 is 1.94 bits per heavy atom. The molecule has 0 aromatic heterocycles. The lowest BCUT2D eigenvalue weighted by molar-refractivity contribution is -0.137. The van der Waals surface area contributed by atoms with Crippen molar-refractivity contribution < 1.29 is 22.2 Å². The fourth-order valence-electron chi connectivity index (χ4n) is 0.989. The van der Waals surface area contributed by atoms with Gasteiger partial charge in [0.15, 0.2) is 0 Å². The Morgan fingerprint density at radius 1 is 1.44 bits per heavy atom. The summed E-state index contributed by atoms with van der Waals surface area (Å²) < 4.78 is 25.0. The molecule has 0 spiro atoms. The zero-order valence-corrected chi connectivity index (χ0v) is 9.78. The average Bonchev–Trinajstić information content (AvgIpc) is 2.09. The Hall–Kier alpha value is -1.35. The van der Waals surface area contributed by atoms with E-state index in [1.54, 1.807) is 13.8 Å². The summed E-state index contributed by atoms with van der Waals surface area (Å²) in [4.78, 5) is 22.0. The maximum atomic E-state index is 11.3. The minimum Gasteiger partial charge on any atom is -0.352 e. The predicted octanol–water partition coefficient (Wildman–Crippen LogP) is -1.18. The molecule has 0 aliphatic rings. The lowest BCUT2D eigenvalue weighted by atomic mass is 10.00. The predicted molar refractivity (Wildman–Crippen MR) is 55.2 cm³/mol. The number of amides is 2. The van der Waals surface area contributed by atoms with Crippen LogP contribution < -0.4 is 16.2 Å². The molecule has 0 aromatic rings. The summed E-state index contributed by atoms with van der Waals surface area (Å²) in [6.45, 7) is 3.38. The molecule has 0 saturated heterocycles. The molecule has 0 bridgehead atoms. The highest BCUT2D eigenvalue weighted by Crippen LogP contribution is 2.09. The first-order valence-corrected chi connectivity index (χ1v) is 5.96. The van der Waals surface area contributed by atoms with Crippen molar-refractivity contribution in [1.29, 1.82) is 0 Å². The highest BCUT2D eigenvalue weighted by atomic mass is 32.2. The van der Waals surface area contributed by atoms with Crippen molar-refractivity contribution >= 4 is 22.3 Å². The number of hydrogen-bond donors (Lipinski definition) is 3. The van der Waals surface area contributed by atoms with E-state index < -0.39 is 28.3 Å². The van der Waals surface area contributed by atoms with E-state index in [4.69, 9.17) is 5.73 Å². The number of urea groups is 1. The summed E-state index contributed by atoms with van der Waals surface area (Å²) >= 11 is 0. The zero-order chi connectivity index (χ0) is 12.9. The van der Waals surface area contributed by atoms with Crippen molar-refractivity contribution in [2.45, 2.75) is 26.3 Å². The molecule has 9 heteroatoms. The summed E-state index contributed by atoms with van der Waals surface area (Å²) in [5.41, 5.74) is 4.85. The third kappa shape index (κ3) is 5.51. The van der Waals surface area contributed by atoms with E-state index in [1.807, 2.05) is 0 Å². The van der Waals surface area contributed by atoms with Gasteiger partial charge in [0.1, 0.15) is 6.04 Å². The molecule has 0 fully saturated rings. The maximum absolute atomic E-state index is 11.3. The van der Waals surface area contributed by atoms with E-state index in [1.165, 1.54) is 0 Å². The number of nitrogens with one attached hydrogen (secondary N) is 1. The van der Waals surface area contributed by atoms with Gasteiger partial charge >= 0.3 is 22.3 Å². The van der Waals surface area contributed by atoms with E-state index in [0.717, 1.165) is 0 Å². The quantitative estimate of drug-likeness (QED) is 0.565. The Balaban J connectivity index is 4.76. The Kier molecular flexibility index (Phi) is 5.18. The topological polar surface area (TPSA) is 142 Å². The van der Waals surface area contributed by atoms with Gasteiger partial charge in [-0.2, -0.15) is 13.6 Å². The van der Waals surface area contributed by atoms with Crippen LogP contribution in [0.25, 0.3) is 0 Å². The van der Waals surface area contributed by atoms with Crippen LogP contribution in [0, 0.1) is 5.92 Å². The van der Waals surface area contributed by atoms with E-state index in [9.17, 15) is 18.0 Å². The van der Waals surface area contributed by atoms with Gasteiger partial charge in [-0.15, -0.1) is 0 Å². The number of primary amides is 1. The molecule has 2 atom stereocenters. The summed E-state index contributed by atoms with van der Waals surface area (Å²) in [6, 6.07) is -2.09. The standard InChI is InChI=1S/C7H15N3O5S/c1-3-4(2)5(10-7(8)12)6(11)15-16(9,13)14/h4-5H,3H2,1-2H3,(H3,8,10,12)(H2,9,13,14)/t4-,5-/m0/s1. The lowest BCUT2D eigenvalue weighted by Crippen LogP contribution is -2.48. The normalized spacial score (nSPS) is 14.9. The first-order valence-electron chi connectivity index (χ1n) is 4.49. The van der Waals surface area contributed by atoms with E-state index in [0.29, 0.717) is 6.42 Å². The van der Waals surface area contributed by atoms with E-state index in [2.05, 4.69) is 14.6 Å². The van der Waals surface area contributed by atoms with Crippen molar-refractivity contribution in [2.24, 2.45) is 16.8 Å². The highest BCUT2D eigenvalue weighted by Gasteiger charge is 2.29. The lowest BCUT2D eigenvalue weighted by Gasteiger charge is -2.20. The van der Waals surface area contributed by atoms with Crippen molar-refractivity contribution in [3.05, 3.63) is 0 Å². The molecule has 0 aliphatic heterocycles. The van der Waals surface area contributed by atoms with Gasteiger partial charge in [-0.3, -0.25) is 0 Å². The molecule has 8 nitrogen and oxygen atoms in total. The first kappa shape index (κ1) is 14.6. The summed E-state index contributed by atoms with van der Waals surface area (Å²) in [7, 11) is -4.39. The molecule has 16 heavy (non-hydrogen) atoms. The van der Waals surface area contributed by atoms with Crippen molar-refractivity contribution in [1.82, 2.24) is 5.32 Å². The Morgan fingerprint density at radius 3 is 2.25 bits per heavy atom. The summed E-state index contributed by atoms with van der Waals surface area (Å²) in [5.74, 6) is -1.49. The first-order chi connectivity index (χ1) is 7.17. The number of carbonyl (C=O) groups is 2. The largest absolute Gasteiger partial charge is 0.382 e. The molecule has 2 amide bonds. The van der Waals surface area contributed by atoms with Crippen molar-refractivity contribution in [2.75, 3.05) is 0 Å². The second-order valence-corrected chi connectivity index (χ2v) is 4.42.